The molecule has 2 heterocycles. The Kier molecular flexibility index (Phi) is 2.23. The highest BCUT2D eigenvalue weighted by Crippen LogP contribution is 2.42. The molecule has 1 aliphatic carbocycles. The Morgan fingerprint density at radius 3 is 2.93 bits per heavy atom. The summed E-state index contributed by atoms with van der Waals surface area (Å²) in [4.78, 5) is 4.07. The lowest BCUT2D eigenvalue weighted by atomic mass is 9.74. The second kappa shape index (κ2) is 3.48. The summed E-state index contributed by atoms with van der Waals surface area (Å²) in [5.74, 6) is 1.35. The van der Waals surface area contributed by atoms with Gasteiger partial charge in [-0.1, -0.05) is 29.3 Å². The maximum atomic E-state index is 5.94. The number of nitrogens with zero attached hydrogens (tertiary/aromatic N) is 1. The van der Waals surface area contributed by atoms with Gasteiger partial charge in [0.25, 0.3) is 0 Å². The number of hydrogen-bond donors (Lipinski definition) is 1. The van der Waals surface area contributed by atoms with Crippen molar-refractivity contribution in [2.45, 2.75) is 0 Å². The third kappa shape index (κ3) is 1.48. The van der Waals surface area contributed by atoms with E-state index >= 15 is 0 Å². The van der Waals surface area contributed by atoms with Crippen molar-refractivity contribution in [3.05, 3.63) is 34.1 Å². The molecule has 2 nitrogen and oxygen atoms in total. The summed E-state index contributed by atoms with van der Waals surface area (Å²) < 4.78 is 0. The molecule has 1 aromatic rings. The van der Waals surface area contributed by atoms with E-state index in [2.05, 4.69) is 16.4 Å². The van der Waals surface area contributed by atoms with Crippen LogP contribution in [0.2, 0.25) is 10.2 Å². The molecule has 78 valence electrons. The maximum Gasteiger partial charge on any atom is 0.147 e. The Bertz CT molecular complexity index is 442. The fourth-order valence-electron chi connectivity index (χ4n) is 2.34. The predicted octanol–water partition coefficient (Wildman–Crippen LogP) is 2.62. The molecule has 0 amide bonds. The molecule has 0 bridgehead atoms. The van der Waals surface area contributed by atoms with Gasteiger partial charge in [-0.2, -0.15) is 0 Å². The average molecular weight is 241 g/mol. The molecular weight excluding hydrogens is 231 g/mol. The highest BCUT2D eigenvalue weighted by molar-refractivity contribution is 6.41. The van der Waals surface area contributed by atoms with E-state index in [0.717, 1.165) is 18.7 Å². The molecule has 1 aliphatic heterocycles. The van der Waals surface area contributed by atoms with Crippen LogP contribution in [0.5, 0.6) is 0 Å². The van der Waals surface area contributed by atoms with Gasteiger partial charge in [-0.3, -0.25) is 0 Å². The summed E-state index contributed by atoms with van der Waals surface area (Å²) in [5.41, 5.74) is 2.46. The topological polar surface area (TPSA) is 24.9 Å². The molecule has 4 heteroatoms. The number of pyridine rings is 1. The van der Waals surface area contributed by atoms with Crippen LogP contribution in [0.3, 0.4) is 0 Å². The number of nitrogens with one attached hydrogen (secondary N) is 1. The van der Waals surface area contributed by atoms with Crippen molar-refractivity contribution in [2.24, 2.45) is 11.8 Å². The standard InChI is InChI=1S/C11H10Cl2N2/c12-10-2-7(4-15-11(10)13)8-1-6-3-14-5-9(6)8/h1-2,4,6,9,14H,3,5H2. The Hall–Kier alpha value is -0.570. The first-order chi connectivity index (χ1) is 7.25. The zero-order chi connectivity index (χ0) is 10.4. The van der Waals surface area contributed by atoms with E-state index in [9.17, 15) is 0 Å². The lowest BCUT2D eigenvalue weighted by Crippen LogP contribution is -2.22. The van der Waals surface area contributed by atoms with Gasteiger partial charge in [-0.25, -0.2) is 4.98 Å². The second-order valence-corrected chi connectivity index (χ2v) is 4.81. The Morgan fingerprint density at radius 2 is 2.20 bits per heavy atom. The summed E-state index contributed by atoms with van der Waals surface area (Å²) in [7, 11) is 0. The second-order valence-electron chi connectivity index (χ2n) is 4.05. The summed E-state index contributed by atoms with van der Waals surface area (Å²) in [6, 6.07) is 1.90. The number of hydrogen-bond acceptors (Lipinski definition) is 2. The van der Waals surface area contributed by atoms with Crippen LogP contribution in [0.25, 0.3) is 5.57 Å². The maximum absolute atomic E-state index is 5.94. The lowest BCUT2D eigenvalue weighted by Gasteiger charge is -2.29. The van der Waals surface area contributed by atoms with Crippen LogP contribution in [0.1, 0.15) is 5.56 Å². The normalized spacial score (nSPS) is 28.3. The van der Waals surface area contributed by atoms with Crippen molar-refractivity contribution in [2.75, 3.05) is 13.1 Å². The number of halogens is 2. The van der Waals surface area contributed by atoms with E-state index in [1.807, 2.05) is 6.07 Å². The first-order valence-corrected chi connectivity index (χ1v) is 5.75. The smallest absolute Gasteiger partial charge is 0.147 e. The first-order valence-electron chi connectivity index (χ1n) is 4.99. The molecule has 3 rings (SSSR count). The van der Waals surface area contributed by atoms with E-state index in [4.69, 9.17) is 23.2 Å². The zero-order valence-corrected chi connectivity index (χ0v) is 9.52. The molecular formula is C11H10Cl2N2. The van der Waals surface area contributed by atoms with Gasteiger partial charge >= 0.3 is 0 Å². The van der Waals surface area contributed by atoms with Crippen molar-refractivity contribution in [1.82, 2.24) is 10.3 Å². The van der Waals surface area contributed by atoms with Crippen molar-refractivity contribution in [3.63, 3.8) is 0 Å². The number of rotatable bonds is 1. The highest BCUT2D eigenvalue weighted by Gasteiger charge is 2.36. The van der Waals surface area contributed by atoms with Gasteiger partial charge in [0, 0.05) is 25.2 Å². The van der Waals surface area contributed by atoms with Crippen molar-refractivity contribution in [3.8, 4) is 0 Å². The van der Waals surface area contributed by atoms with Crippen molar-refractivity contribution >= 4 is 28.8 Å². The van der Waals surface area contributed by atoms with E-state index in [1.54, 1.807) is 6.20 Å². The molecule has 2 aliphatic rings. The SMILES string of the molecule is Clc1cc(C2=CC3CNCC23)cnc1Cl. The molecule has 2 atom stereocenters. The number of fused-ring (bicyclic) bond motifs is 1. The van der Waals surface area contributed by atoms with Crippen LogP contribution in [0.4, 0.5) is 0 Å². The third-order valence-electron chi connectivity index (χ3n) is 3.18. The minimum absolute atomic E-state index is 0.376. The molecule has 0 radical (unpaired) electrons. The minimum atomic E-state index is 0.376. The Labute approximate surface area is 98.3 Å². The zero-order valence-electron chi connectivity index (χ0n) is 8.00. The third-order valence-corrected chi connectivity index (χ3v) is 3.87. The van der Waals surface area contributed by atoms with Crippen molar-refractivity contribution in [1.29, 1.82) is 0 Å². The molecule has 2 unspecified atom stereocenters. The average Bonchev–Trinajstić information content (AvgIpc) is 2.54. The quantitative estimate of drug-likeness (QED) is 0.764. The van der Waals surface area contributed by atoms with Crippen LogP contribution in [-0.2, 0) is 0 Å². The molecule has 1 fully saturated rings. The van der Waals surface area contributed by atoms with Crippen molar-refractivity contribution < 1.29 is 0 Å². The van der Waals surface area contributed by atoms with Crippen LogP contribution in [0, 0.1) is 11.8 Å². The van der Waals surface area contributed by atoms with Crippen LogP contribution >= 0.6 is 23.2 Å². The van der Waals surface area contributed by atoms with Gasteiger partial charge in [0.15, 0.2) is 0 Å². The van der Waals surface area contributed by atoms with Gasteiger partial charge in [-0.15, -0.1) is 0 Å². The van der Waals surface area contributed by atoms with Gasteiger partial charge < -0.3 is 5.32 Å². The highest BCUT2D eigenvalue weighted by atomic mass is 35.5. The fourth-order valence-corrected chi connectivity index (χ4v) is 2.61. The van der Waals surface area contributed by atoms with E-state index < -0.39 is 0 Å². The minimum Gasteiger partial charge on any atom is -0.315 e. The summed E-state index contributed by atoms with van der Waals surface area (Å²) in [5, 5.41) is 4.29. The monoisotopic (exact) mass is 240 g/mol. The van der Waals surface area contributed by atoms with Gasteiger partial charge in [0.2, 0.25) is 0 Å². The first kappa shape index (κ1) is 9.64. The molecule has 1 aromatic heterocycles. The molecule has 0 saturated carbocycles. The molecule has 15 heavy (non-hydrogen) atoms. The Balaban J connectivity index is 1.94. The molecule has 0 spiro atoms. The van der Waals surface area contributed by atoms with Gasteiger partial charge in [0.1, 0.15) is 5.15 Å². The summed E-state index contributed by atoms with van der Waals surface area (Å²) in [6.07, 6.45) is 4.10. The molecule has 1 N–H and O–H groups in total. The Morgan fingerprint density at radius 1 is 1.33 bits per heavy atom. The van der Waals surface area contributed by atoms with Gasteiger partial charge in [0.05, 0.1) is 5.02 Å². The fraction of sp³-hybridized carbons (Fsp3) is 0.364. The predicted molar refractivity (Wildman–Crippen MR) is 62.1 cm³/mol. The van der Waals surface area contributed by atoms with E-state index in [-0.39, 0.29) is 0 Å². The van der Waals surface area contributed by atoms with Crippen LogP contribution in [0.15, 0.2) is 18.3 Å². The largest absolute Gasteiger partial charge is 0.315 e. The van der Waals surface area contributed by atoms with Crippen LogP contribution in [-0.4, -0.2) is 18.1 Å². The van der Waals surface area contributed by atoms with E-state index in [0.29, 0.717) is 22.0 Å². The van der Waals surface area contributed by atoms with E-state index in [1.165, 1.54) is 5.57 Å². The molecule has 0 aromatic carbocycles. The summed E-state index contributed by atoms with van der Waals surface area (Å²) in [6.45, 7) is 2.17. The van der Waals surface area contributed by atoms with Crippen LogP contribution < -0.4 is 5.32 Å². The lowest BCUT2D eigenvalue weighted by molar-refractivity contribution is 0.564. The van der Waals surface area contributed by atoms with Gasteiger partial charge in [-0.05, 0) is 23.1 Å². The number of aromatic nitrogens is 1. The molecule has 1 saturated heterocycles. The summed E-state index contributed by atoms with van der Waals surface area (Å²) >= 11 is 11.7.